The number of primary amides is 1. The molecule has 1 aliphatic heterocycles. The first-order chi connectivity index (χ1) is 11.0. The standard InChI is InChI=1S/C16H18ClN5O/c1-11-2-3-12(17)8-14(11)21-4-6-22(7-5-21)15-10-19-9-13(20-15)16(18)23/h2-3,8-10H,4-7H2,1H3,(H2,18,23). The number of piperazine rings is 1. The number of halogens is 1. The van der Waals surface area contributed by atoms with Crippen molar-refractivity contribution in [3.63, 3.8) is 0 Å². The van der Waals surface area contributed by atoms with E-state index >= 15 is 0 Å². The van der Waals surface area contributed by atoms with Gasteiger partial charge in [0.05, 0.1) is 12.4 Å². The molecule has 0 saturated carbocycles. The summed E-state index contributed by atoms with van der Waals surface area (Å²) in [5.41, 5.74) is 7.82. The lowest BCUT2D eigenvalue weighted by atomic mass is 10.1. The summed E-state index contributed by atoms with van der Waals surface area (Å²) >= 11 is 6.11. The molecule has 2 heterocycles. The highest BCUT2D eigenvalue weighted by Gasteiger charge is 2.20. The molecule has 0 aliphatic carbocycles. The molecule has 23 heavy (non-hydrogen) atoms. The van der Waals surface area contributed by atoms with E-state index in [0.29, 0.717) is 5.82 Å². The van der Waals surface area contributed by atoms with Gasteiger partial charge in [0.1, 0.15) is 11.5 Å². The van der Waals surface area contributed by atoms with Crippen molar-refractivity contribution in [3.8, 4) is 0 Å². The van der Waals surface area contributed by atoms with Crippen molar-refractivity contribution in [2.24, 2.45) is 5.73 Å². The number of aromatic nitrogens is 2. The van der Waals surface area contributed by atoms with Gasteiger partial charge in [-0.05, 0) is 24.6 Å². The summed E-state index contributed by atoms with van der Waals surface area (Å²) < 4.78 is 0. The minimum absolute atomic E-state index is 0.190. The van der Waals surface area contributed by atoms with Crippen molar-refractivity contribution >= 4 is 29.0 Å². The summed E-state index contributed by atoms with van der Waals surface area (Å²) in [5.74, 6) is 0.122. The molecule has 1 aromatic carbocycles. The van der Waals surface area contributed by atoms with Gasteiger partial charge >= 0.3 is 0 Å². The largest absolute Gasteiger partial charge is 0.368 e. The molecule has 2 N–H and O–H groups in total. The van der Waals surface area contributed by atoms with Gasteiger partial charge < -0.3 is 15.5 Å². The highest BCUT2D eigenvalue weighted by Crippen LogP contribution is 2.26. The molecule has 120 valence electrons. The molecule has 1 amide bonds. The summed E-state index contributed by atoms with van der Waals surface area (Å²) in [4.78, 5) is 24.0. The van der Waals surface area contributed by atoms with Gasteiger partial charge in [-0.2, -0.15) is 0 Å². The zero-order valence-electron chi connectivity index (χ0n) is 12.9. The SMILES string of the molecule is Cc1ccc(Cl)cc1N1CCN(c2cncc(C(N)=O)n2)CC1. The van der Waals surface area contributed by atoms with Gasteiger partial charge in [-0.3, -0.25) is 9.78 Å². The molecule has 1 aromatic heterocycles. The number of aryl methyl sites for hydroxylation is 1. The molecular formula is C16H18ClN5O. The molecule has 1 saturated heterocycles. The number of hydrogen-bond donors (Lipinski definition) is 1. The number of anilines is 2. The molecule has 2 aromatic rings. The lowest BCUT2D eigenvalue weighted by Crippen LogP contribution is -2.47. The molecule has 1 aliphatic rings. The highest BCUT2D eigenvalue weighted by atomic mass is 35.5. The zero-order valence-corrected chi connectivity index (χ0v) is 13.6. The van der Waals surface area contributed by atoms with Crippen LogP contribution in [-0.2, 0) is 0 Å². The predicted octanol–water partition coefficient (Wildman–Crippen LogP) is 1.86. The van der Waals surface area contributed by atoms with Crippen LogP contribution in [0.5, 0.6) is 0 Å². The van der Waals surface area contributed by atoms with Crippen LogP contribution in [0.2, 0.25) is 5.02 Å². The number of hydrogen-bond acceptors (Lipinski definition) is 5. The fraction of sp³-hybridized carbons (Fsp3) is 0.312. The van der Waals surface area contributed by atoms with Crippen LogP contribution < -0.4 is 15.5 Å². The first-order valence-corrected chi connectivity index (χ1v) is 7.80. The molecule has 0 bridgehead atoms. The quantitative estimate of drug-likeness (QED) is 0.929. The molecular weight excluding hydrogens is 314 g/mol. The number of nitrogens with zero attached hydrogens (tertiary/aromatic N) is 4. The molecule has 0 atom stereocenters. The predicted molar refractivity (Wildman–Crippen MR) is 91.2 cm³/mol. The zero-order chi connectivity index (χ0) is 16.4. The lowest BCUT2D eigenvalue weighted by Gasteiger charge is -2.37. The maximum atomic E-state index is 11.2. The maximum absolute atomic E-state index is 11.2. The van der Waals surface area contributed by atoms with E-state index in [9.17, 15) is 4.79 Å². The number of carbonyl (C=O) groups excluding carboxylic acids is 1. The average molecular weight is 332 g/mol. The summed E-state index contributed by atoms with van der Waals surface area (Å²) in [5, 5.41) is 0.744. The Labute approximate surface area is 139 Å². The number of carbonyl (C=O) groups is 1. The second kappa shape index (κ2) is 6.42. The molecule has 0 radical (unpaired) electrons. The number of nitrogens with two attached hydrogens (primary N) is 1. The fourth-order valence-electron chi connectivity index (χ4n) is 2.73. The third-order valence-corrected chi connectivity index (χ3v) is 4.22. The Morgan fingerprint density at radius 3 is 2.57 bits per heavy atom. The molecule has 6 nitrogen and oxygen atoms in total. The lowest BCUT2D eigenvalue weighted by molar-refractivity contribution is 0.0995. The van der Waals surface area contributed by atoms with Crippen LogP contribution in [0.25, 0.3) is 0 Å². The second-order valence-corrected chi connectivity index (χ2v) is 5.97. The van der Waals surface area contributed by atoms with E-state index < -0.39 is 5.91 Å². The van der Waals surface area contributed by atoms with Crippen LogP contribution in [0.4, 0.5) is 11.5 Å². The van der Waals surface area contributed by atoms with Crippen LogP contribution in [0.1, 0.15) is 16.1 Å². The van der Waals surface area contributed by atoms with Crippen molar-refractivity contribution in [2.45, 2.75) is 6.92 Å². The van der Waals surface area contributed by atoms with Gasteiger partial charge in [-0.1, -0.05) is 17.7 Å². The van der Waals surface area contributed by atoms with Crippen LogP contribution in [0, 0.1) is 6.92 Å². The van der Waals surface area contributed by atoms with Gasteiger partial charge in [0.2, 0.25) is 0 Å². The molecule has 7 heteroatoms. The number of amides is 1. The van der Waals surface area contributed by atoms with Crippen LogP contribution in [0.3, 0.4) is 0 Å². The summed E-state index contributed by atoms with van der Waals surface area (Å²) in [6.07, 6.45) is 3.05. The van der Waals surface area contributed by atoms with E-state index in [-0.39, 0.29) is 5.69 Å². The van der Waals surface area contributed by atoms with Gasteiger partial charge in [0.25, 0.3) is 5.91 Å². The molecule has 0 spiro atoms. The third kappa shape index (κ3) is 3.37. The number of benzene rings is 1. The van der Waals surface area contributed by atoms with Crippen molar-refractivity contribution < 1.29 is 4.79 Å². The van der Waals surface area contributed by atoms with Crippen molar-refractivity contribution in [2.75, 3.05) is 36.0 Å². The smallest absolute Gasteiger partial charge is 0.268 e. The maximum Gasteiger partial charge on any atom is 0.268 e. The Morgan fingerprint density at radius 1 is 1.17 bits per heavy atom. The Hall–Kier alpha value is -2.34. The minimum atomic E-state index is -0.562. The minimum Gasteiger partial charge on any atom is -0.368 e. The summed E-state index contributed by atoms with van der Waals surface area (Å²) in [6, 6.07) is 5.94. The van der Waals surface area contributed by atoms with Crippen molar-refractivity contribution in [1.29, 1.82) is 0 Å². The Bertz CT molecular complexity index is 728. The number of rotatable bonds is 3. The first-order valence-electron chi connectivity index (χ1n) is 7.42. The summed E-state index contributed by atoms with van der Waals surface area (Å²) in [6.45, 7) is 5.37. The molecule has 3 rings (SSSR count). The van der Waals surface area contributed by atoms with E-state index in [1.54, 1.807) is 6.20 Å². The topological polar surface area (TPSA) is 75.3 Å². The van der Waals surface area contributed by atoms with E-state index in [4.69, 9.17) is 17.3 Å². The fourth-order valence-corrected chi connectivity index (χ4v) is 2.89. The van der Waals surface area contributed by atoms with E-state index in [2.05, 4.69) is 26.7 Å². The van der Waals surface area contributed by atoms with Gasteiger partial charge in [-0.15, -0.1) is 0 Å². The Morgan fingerprint density at radius 2 is 1.87 bits per heavy atom. The molecule has 1 fully saturated rings. The van der Waals surface area contributed by atoms with E-state index in [1.165, 1.54) is 11.8 Å². The van der Waals surface area contributed by atoms with E-state index in [1.807, 2.05) is 18.2 Å². The van der Waals surface area contributed by atoms with Gasteiger partial charge in [0, 0.05) is 36.9 Å². The average Bonchev–Trinajstić information content (AvgIpc) is 2.57. The van der Waals surface area contributed by atoms with Crippen LogP contribution >= 0.6 is 11.6 Å². The monoisotopic (exact) mass is 331 g/mol. The van der Waals surface area contributed by atoms with Crippen molar-refractivity contribution in [3.05, 3.63) is 46.9 Å². The Balaban J connectivity index is 1.72. The van der Waals surface area contributed by atoms with Gasteiger partial charge in [-0.25, -0.2) is 4.98 Å². The molecule has 0 unspecified atom stereocenters. The Kier molecular flexibility index (Phi) is 4.34. The van der Waals surface area contributed by atoms with Crippen LogP contribution in [0.15, 0.2) is 30.6 Å². The van der Waals surface area contributed by atoms with Gasteiger partial charge in [0.15, 0.2) is 0 Å². The highest BCUT2D eigenvalue weighted by molar-refractivity contribution is 6.30. The van der Waals surface area contributed by atoms with E-state index in [0.717, 1.165) is 36.9 Å². The van der Waals surface area contributed by atoms with Crippen LogP contribution in [-0.4, -0.2) is 42.1 Å². The first kappa shape index (κ1) is 15.6. The second-order valence-electron chi connectivity index (χ2n) is 5.53. The normalized spacial score (nSPS) is 14.9. The summed E-state index contributed by atoms with van der Waals surface area (Å²) in [7, 11) is 0. The van der Waals surface area contributed by atoms with Crippen molar-refractivity contribution in [1.82, 2.24) is 9.97 Å². The third-order valence-electron chi connectivity index (χ3n) is 3.99.